The van der Waals surface area contributed by atoms with Crippen LogP contribution in [0, 0.1) is 0 Å². The molecule has 0 saturated heterocycles. The SMILES string of the molecule is COc1cccc(NCC(=O)Nc2ccc(OC)c(Cl)c2)c1. The Morgan fingerprint density at radius 2 is 1.91 bits per heavy atom. The van der Waals surface area contributed by atoms with E-state index in [0.717, 1.165) is 11.4 Å². The molecule has 22 heavy (non-hydrogen) atoms. The van der Waals surface area contributed by atoms with Crippen molar-refractivity contribution in [1.29, 1.82) is 0 Å². The first kappa shape index (κ1) is 16.0. The number of hydrogen-bond acceptors (Lipinski definition) is 4. The summed E-state index contributed by atoms with van der Waals surface area (Å²) in [5.74, 6) is 1.12. The first-order valence-corrected chi connectivity index (χ1v) is 7.01. The van der Waals surface area contributed by atoms with Gasteiger partial charge in [0.2, 0.25) is 5.91 Å². The highest BCUT2D eigenvalue weighted by atomic mass is 35.5. The summed E-state index contributed by atoms with van der Waals surface area (Å²) in [7, 11) is 3.14. The number of halogens is 1. The number of carbonyl (C=O) groups excluding carboxylic acids is 1. The summed E-state index contributed by atoms with van der Waals surface area (Å²) in [6, 6.07) is 12.4. The van der Waals surface area contributed by atoms with E-state index in [1.807, 2.05) is 24.3 Å². The fourth-order valence-electron chi connectivity index (χ4n) is 1.86. The molecule has 0 heterocycles. The van der Waals surface area contributed by atoms with E-state index in [9.17, 15) is 4.79 Å². The van der Waals surface area contributed by atoms with Gasteiger partial charge in [-0.1, -0.05) is 17.7 Å². The maximum atomic E-state index is 11.9. The predicted octanol–water partition coefficient (Wildman–Crippen LogP) is 3.41. The van der Waals surface area contributed by atoms with Crippen LogP contribution in [0.15, 0.2) is 42.5 Å². The van der Waals surface area contributed by atoms with Crippen LogP contribution in [0.4, 0.5) is 11.4 Å². The zero-order valence-corrected chi connectivity index (χ0v) is 13.1. The fourth-order valence-corrected chi connectivity index (χ4v) is 2.12. The quantitative estimate of drug-likeness (QED) is 0.856. The van der Waals surface area contributed by atoms with Gasteiger partial charge in [0.05, 0.1) is 25.8 Å². The van der Waals surface area contributed by atoms with Crippen molar-refractivity contribution < 1.29 is 14.3 Å². The standard InChI is InChI=1S/C16H17ClN2O3/c1-21-13-5-3-4-11(8-13)18-10-16(20)19-12-6-7-15(22-2)14(17)9-12/h3-9,18H,10H2,1-2H3,(H,19,20). The van der Waals surface area contributed by atoms with Gasteiger partial charge < -0.3 is 20.1 Å². The van der Waals surface area contributed by atoms with Crippen molar-refractivity contribution in [3.8, 4) is 11.5 Å². The van der Waals surface area contributed by atoms with Gasteiger partial charge in [0.25, 0.3) is 0 Å². The average Bonchev–Trinajstić information content (AvgIpc) is 2.53. The van der Waals surface area contributed by atoms with Crippen molar-refractivity contribution >= 4 is 28.9 Å². The van der Waals surface area contributed by atoms with Crippen LogP contribution < -0.4 is 20.1 Å². The Balaban J connectivity index is 1.91. The van der Waals surface area contributed by atoms with Crippen molar-refractivity contribution in [2.75, 3.05) is 31.4 Å². The molecule has 0 aromatic heterocycles. The first-order valence-electron chi connectivity index (χ1n) is 6.63. The van der Waals surface area contributed by atoms with Crippen LogP contribution in [0.2, 0.25) is 5.02 Å². The molecule has 2 rings (SSSR count). The normalized spacial score (nSPS) is 9.95. The Bertz CT molecular complexity index is 662. The molecule has 6 heteroatoms. The van der Waals surface area contributed by atoms with Crippen LogP contribution in [-0.2, 0) is 4.79 Å². The lowest BCUT2D eigenvalue weighted by molar-refractivity contribution is -0.114. The molecule has 0 spiro atoms. The maximum absolute atomic E-state index is 11.9. The first-order chi connectivity index (χ1) is 10.6. The third-order valence-corrected chi connectivity index (χ3v) is 3.25. The van der Waals surface area contributed by atoms with E-state index in [4.69, 9.17) is 21.1 Å². The van der Waals surface area contributed by atoms with E-state index >= 15 is 0 Å². The highest BCUT2D eigenvalue weighted by Gasteiger charge is 2.06. The van der Waals surface area contributed by atoms with Gasteiger partial charge in [0.15, 0.2) is 0 Å². The number of rotatable bonds is 6. The van der Waals surface area contributed by atoms with E-state index < -0.39 is 0 Å². The second kappa shape index (κ2) is 7.56. The Morgan fingerprint density at radius 1 is 1.09 bits per heavy atom. The van der Waals surface area contributed by atoms with E-state index in [0.29, 0.717) is 16.5 Å². The molecule has 0 aliphatic heterocycles. The monoisotopic (exact) mass is 320 g/mol. The maximum Gasteiger partial charge on any atom is 0.243 e. The molecule has 116 valence electrons. The minimum absolute atomic E-state index is 0.136. The summed E-state index contributed by atoms with van der Waals surface area (Å²) in [6.07, 6.45) is 0. The average molecular weight is 321 g/mol. The zero-order chi connectivity index (χ0) is 15.9. The Morgan fingerprint density at radius 3 is 2.59 bits per heavy atom. The van der Waals surface area contributed by atoms with Crippen molar-refractivity contribution in [2.45, 2.75) is 0 Å². The largest absolute Gasteiger partial charge is 0.497 e. The van der Waals surface area contributed by atoms with Crippen LogP contribution in [0.3, 0.4) is 0 Å². The van der Waals surface area contributed by atoms with E-state index in [1.54, 1.807) is 25.3 Å². The van der Waals surface area contributed by atoms with Crippen LogP contribution in [-0.4, -0.2) is 26.7 Å². The summed E-state index contributed by atoms with van der Waals surface area (Å²) in [4.78, 5) is 11.9. The summed E-state index contributed by atoms with van der Waals surface area (Å²) in [6.45, 7) is 0.136. The van der Waals surface area contributed by atoms with Crippen LogP contribution in [0.25, 0.3) is 0 Å². The second-order valence-electron chi connectivity index (χ2n) is 4.48. The minimum Gasteiger partial charge on any atom is -0.497 e. The van der Waals surface area contributed by atoms with Gasteiger partial charge in [-0.25, -0.2) is 0 Å². The number of carbonyl (C=O) groups is 1. The molecule has 1 amide bonds. The molecule has 0 aliphatic rings. The Kier molecular flexibility index (Phi) is 5.49. The lowest BCUT2D eigenvalue weighted by Crippen LogP contribution is -2.21. The molecule has 2 aromatic rings. The highest BCUT2D eigenvalue weighted by Crippen LogP contribution is 2.27. The molecule has 0 atom stereocenters. The summed E-state index contributed by atoms with van der Waals surface area (Å²) >= 11 is 6.01. The van der Waals surface area contributed by atoms with Crippen molar-refractivity contribution in [3.05, 3.63) is 47.5 Å². The van der Waals surface area contributed by atoms with Crippen molar-refractivity contribution in [1.82, 2.24) is 0 Å². The van der Waals surface area contributed by atoms with Gasteiger partial charge in [0.1, 0.15) is 11.5 Å². The zero-order valence-electron chi connectivity index (χ0n) is 12.4. The molecule has 0 unspecified atom stereocenters. The molecule has 0 saturated carbocycles. The molecule has 0 bridgehead atoms. The van der Waals surface area contributed by atoms with E-state index in [2.05, 4.69) is 10.6 Å². The lowest BCUT2D eigenvalue weighted by Gasteiger charge is -2.10. The van der Waals surface area contributed by atoms with Gasteiger partial charge in [-0.2, -0.15) is 0 Å². The smallest absolute Gasteiger partial charge is 0.243 e. The number of amides is 1. The minimum atomic E-state index is -0.177. The molecule has 2 aromatic carbocycles. The van der Waals surface area contributed by atoms with Gasteiger partial charge in [0, 0.05) is 17.4 Å². The molecule has 0 fully saturated rings. The lowest BCUT2D eigenvalue weighted by atomic mass is 10.3. The number of ether oxygens (including phenoxy) is 2. The molecular weight excluding hydrogens is 304 g/mol. The number of nitrogens with one attached hydrogen (secondary N) is 2. The second-order valence-corrected chi connectivity index (χ2v) is 4.89. The Labute approximate surface area is 134 Å². The molecule has 0 radical (unpaired) electrons. The molecule has 2 N–H and O–H groups in total. The summed E-state index contributed by atoms with van der Waals surface area (Å²) in [5.41, 5.74) is 1.42. The topological polar surface area (TPSA) is 59.6 Å². The van der Waals surface area contributed by atoms with Crippen LogP contribution >= 0.6 is 11.6 Å². The van der Waals surface area contributed by atoms with Gasteiger partial charge >= 0.3 is 0 Å². The third kappa shape index (κ3) is 4.30. The van der Waals surface area contributed by atoms with E-state index in [-0.39, 0.29) is 12.5 Å². The Hall–Kier alpha value is -2.40. The fraction of sp³-hybridized carbons (Fsp3) is 0.188. The molecular formula is C16H17ClN2O3. The number of anilines is 2. The number of methoxy groups -OCH3 is 2. The van der Waals surface area contributed by atoms with Crippen LogP contribution in [0.5, 0.6) is 11.5 Å². The number of benzene rings is 2. The number of hydrogen-bond donors (Lipinski definition) is 2. The van der Waals surface area contributed by atoms with Crippen molar-refractivity contribution in [2.24, 2.45) is 0 Å². The summed E-state index contributed by atoms with van der Waals surface area (Å²) in [5, 5.41) is 6.23. The van der Waals surface area contributed by atoms with E-state index in [1.165, 1.54) is 7.11 Å². The van der Waals surface area contributed by atoms with Crippen molar-refractivity contribution in [3.63, 3.8) is 0 Å². The molecule has 5 nitrogen and oxygen atoms in total. The third-order valence-electron chi connectivity index (χ3n) is 2.96. The van der Waals surface area contributed by atoms with Gasteiger partial charge in [-0.15, -0.1) is 0 Å². The highest BCUT2D eigenvalue weighted by molar-refractivity contribution is 6.32. The van der Waals surface area contributed by atoms with Crippen LogP contribution in [0.1, 0.15) is 0 Å². The van der Waals surface area contributed by atoms with Gasteiger partial charge in [-0.3, -0.25) is 4.79 Å². The predicted molar refractivity (Wildman–Crippen MR) is 88.1 cm³/mol. The molecule has 0 aliphatic carbocycles. The summed E-state index contributed by atoms with van der Waals surface area (Å²) < 4.78 is 10.2. The van der Waals surface area contributed by atoms with Gasteiger partial charge in [-0.05, 0) is 30.3 Å².